The zero-order chi connectivity index (χ0) is 22.9. The van der Waals surface area contributed by atoms with Gasteiger partial charge in [-0.1, -0.05) is 6.07 Å². The van der Waals surface area contributed by atoms with Gasteiger partial charge >= 0.3 is 0 Å². The minimum absolute atomic E-state index is 0.0660. The molecule has 1 aliphatic carbocycles. The number of nitriles is 1. The monoisotopic (exact) mass is 467 g/mol. The molecule has 32 heavy (non-hydrogen) atoms. The van der Waals surface area contributed by atoms with Crippen LogP contribution in [0.4, 0.5) is 10.8 Å². The standard InChI is InChI=1S/C22H21N5O3S2/c1-14-20(21(28)26-32(2,29)30)25-22(31-14)27(18-8-3-15(11-23)4-9-18)13-16-5-10-19(24-12-16)17-6-7-17/h3-5,8-10,12,17H,6-7,13H2,1-2H3,(H,26,28). The van der Waals surface area contributed by atoms with Crippen molar-refractivity contribution in [3.8, 4) is 6.07 Å². The van der Waals surface area contributed by atoms with E-state index in [1.807, 2.05) is 40.1 Å². The number of carbonyl (C=O) groups excluding carboxylic acids is 1. The highest BCUT2D eigenvalue weighted by Gasteiger charge is 2.25. The number of thiazole rings is 1. The number of pyridine rings is 1. The summed E-state index contributed by atoms with van der Waals surface area (Å²) >= 11 is 1.29. The molecular formula is C22H21N5O3S2. The van der Waals surface area contributed by atoms with Gasteiger partial charge in [0.25, 0.3) is 5.91 Å². The predicted molar refractivity (Wildman–Crippen MR) is 122 cm³/mol. The summed E-state index contributed by atoms with van der Waals surface area (Å²) < 4.78 is 24.9. The lowest BCUT2D eigenvalue weighted by Gasteiger charge is -2.22. The van der Waals surface area contributed by atoms with Crippen LogP contribution in [0.25, 0.3) is 0 Å². The van der Waals surface area contributed by atoms with Gasteiger partial charge in [0.15, 0.2) is 5.13 Å². The topological polar surface area (TPSA) is 116 Å². The van der Waals surface area contributed by atoms with Crippen LogP contribution in [-0.4, -0.2) is 30.5 Å². The van der Waals surface area contributed by atoms with Crippen molar-refractivity contribution >= 4 is 38.1 Å². The van der Waals surface area contributed by atoms with Crippen LogP contribution in [0.1, 0.15) is 50.9 Å². The first-order chi connectivity index (χ1) is 15.2. The molecule has 0 aliphatic heterocycles. The lowest BCUT2D eigenvalue weighted by Crippen LogP contribution is -2.30. The van der Waals surface area contributed by atoms with Gasteiger partial charge in [-0.15, -0.1) is 11.3 Å². The molecule has 2 heterocycles. The van der Waals surface area contributed by atoms with Crippen LogP contribution >= 0.6 is 11.3 Å². The molecule has 4 rings (SSSR count). The van der Waals surface area contributed by atoms with Crippen molar-refractivity contribution in [2.24, 2.45) is 0 Å². The van der Waals surface area contributed by atoms with Crippen LogP contribution in [0.15, 0.2) is 42.6 Å². The van der Waals surface area contributed by atoms with Crippen LogP contribution in [0, 0.1) is 18.3 Å². The number of nitrogens with zero attached hydrogens (tertiary/aromatic N) is 4. The first kappa shape index (κ1) is 21.9. The van der Waals surface area contributed by atoms with Crippen LogP contribution < -0.4 is 9.62 Å². The SMILES string of the molecule is Cc1sc(N(Cc2ccc(C3CC3)nc2)c2ccc(C#N)cc2)nc1C(=O)NS(C)(=O)=O. The molecule has 8 nitrogen and oxygen atoms in total. The van der Waals surface area contributed by atoms with Crippen LogP contribution in [0.5, 0.6) is 0 Å². The number of benzene rings is 1. The molecule has 0 unspecified atom stereocenters. The average Bonchev–Trinajstić information content (AvgIpc) is 3.53. The third-order valence-electron chi connectivity index (χ3n) is 5.00. The number of aryl methyl sites for hydroxylation is 1. The van der Waals surface area contributed by atoms with Gasteiger partial charge in [0.1, 0.15) is 5.69 Å². The fraction of sp³-hybridized carbons (Fsp3) is 0.273. The Morgan fingerprint density at radius 3 is 2.53 bits per heavy atom. The first-order valence-corrected chi connectivity index (χ1v) is 12.7. The lowest BCUT2D eigenvalue weighted by molar-refractivity contribution is 0.0977. The molecule has 0 spiro atoms. The summed E-state index contributed by atoms with van der Waals surface area (Å²) in [5, 5.41) is 9.65. The Kier molecular flexibility index (Phi) is 5.95. The Morgan fingerprint density at radius 2 is 1.97 bits per heavy atom. The summed E-state index contributed by atoms with van der Waals surface area (Å²) in [6.07, 6.45) is 5.14. The smallest absolute Gasteiger partial charge is 0.284 e. The number of hydrogen-bond acceptors (Lipinski definition) is 8. The number of aromatic nitrogens is 2. The largest absolute Gasteiger partial charge is 0.313 e. The highest BCUT2D eigenvalue weighted by molar-refractivity contribution is 7.89. The predicted octanol–water partition coefficient (Wildman–Crippen LogP) is 3.62. The molecule has 10 heteroatoms. The molecule has 3 aromatic rings. The molecule has 0 radical (unpaired) electrons. The third kappa shape index (κ3) is 5.12. The van der Waals surface area contributed by atoms with Crippen molar-refractivity contribution < 1.29 is 13.2 Å². The summed E-state index contributed by atoms with van der Waals surface area (Å²) in [6, 6.07) is 13.3. The Hall–Kier alpha value is -3.29. The summed E-state index contributed by atoms with van der Waals surface area (Å²) in [5.74, 6) is -0.195. The van der Waals surface area contributed by atoms with Gasteiger partial charge in [-0.2, -0.15) is 5.26 Å². The molecular weight excluding hydrogens is 446 g/mol. The number of nitrogens with one attached hydrogen (secondary N) is 1. The quantitative estimate of drug-likeness (QED) is 0.564. The number of carbonyl (C=O) groups is 1. The van der Waals surface area contributed by atoms with Crippen molar-refractivity contribution in [2.75, 3.05) is 11.2 Å². The van der Waals surface area contributed by atoms with Gasteiger partial charge in [0.2, 0.25) is 10.0 Å². The number of anilines is 2. The van der Waals surface area contributed by atoms with Crippen molar-refractivity contribution in [3.63, 3.8) is 0 Å². The van der Waals surface area contributed by atoms with E-state index in [9.17, 15) is 13.2 Å². The van der Waals surface area contributed by atoms with E-state index < -0.39 is 15.9 Å². The summed E-state index contributed by atoms with van der Waals surface area (Å²) in [7, 11) is -3.70. The van der Waals surface area contributed by atoms with Crippen molar-refractivity contribution in [2.45, 2.75) is 32.2 Å². The highest BCUT2D eigenvalue weighted by Crippen LogP contribution is 2.39. The van der Waals surface area contributed by atoms with Gasteiger partial charge in [-0.05, 0) is 55.7 Å². The van der Waals surface area contributed by atoms with Gasteiger partial charge in [0.05, 0.1) is 24.4 Å². The maximum Gasteiger partial charge on any atom is 0.284 e. The van der Waals surface area contributed by atoms with Crippen molar-refractivity contribution in [1.29, 1.82) is 5.26 Å². The first-order valence-electron chi connectivity index (χ1n) is 9.95. The fourth-order valence-electron chi connectivity index (χ4n) is 3.24. The second kappa shape index (κ2) is 8.68. The number of hydrogen-bond donors (Lipinski definition) is 1. The second-order valence-corrected chi connectivity index (χ2v) is 10.6. The van der Waals surface area contributed by atoms with E-state index in [2.05, 4.69) is 16.0 Å². The molecule has 0 atom stereocenters. The second-order valence-electron chi connectivity index (χ2n) is 7.71. The number of sulfonamides is 1. The molecule has 164 valence electrons. The van der Waals surface area contributed by atoms with Gasteiger partial charge in [0, 0.05) is 28.4 Å². The van der Waals surface area contributed by atoms with E-state index in [-0.39, 0.29) is 5.69 Å². The number of rotatable bonds is 7. The molecule has 1 aliphatic rings. The Morgan fingerprint density at radius 1 is 1.25 bits per heavy atom. The summed E-state index contributed by atoms with van der Waals surface area (Å²) in [5.41, 5.74) is 3.46. The average molecular weight is 468 g/mol. The zero-order valence-electron chi connectivity index (χ0n) is 17.6. The van der Waals surface area contributed by atoms with Crippen molar-refractivity contribution in [3.05, 3.63) is 70.0 Å². The van der Waals surface area contributed by atoms with Crippen LogP contribution in [0.3, 0.4) is 0 Å². The maximum absolute atomic E-state index is 12.4. The Labute approximate surface area is 190 Å². The normalized spacial score (nSPS) is 13.4. The zero-order valence-corrected chi connectivity index (χ0v) is 19.2. The molecule has 1 N–H and O–H groups in total. The summed E-state index contributed by atoms with van der Waals surface area (Å²) in [6.45, 7) is 2.17. The highest BCUT2D eigenvalue weighted by atomic mass is 32.2. The molecule has 1 amide bonds. The van der Waals surface area contributed by atoms with E-state index >= 15 is 0 Å². The van der Waals surface area contributed by atoms with E-state index in [0.717, 1.165) is 23.2 Å². The molecule has 1 saturated carbocycles. The lowest BCUT2D eigenvalue weighted by atomic mass is 10.2. The summed E-state index contributed by atoms with van der Waals surface area (Å²) in [4.78, 5) is 23.9. The van der Waals surface area contributed by atoms with Crippen molar-refractivity contribution in [1.82, 2.24) is 14.7 Å². The molecule has 1 aromatic carbocycles. The third-order valence-corrected chi connectivity index (χ3v) is 6.55. The van der Waals surface area contributed by atoms with Gasteiger partial charge in [-0.3, -0.25) is 9.78 Å². The van der Waals surface area contributed by atoms with E-state index in [0.29, 0.717) is 28.0 Å². The van der Waals surface area contributed by atoms with Gasteiger partial charge in [-0.25, -0.2) is 18.1 Å². The maximum atomic E-state index is 12.4. The Bertz CT molecular complexity index is 1290. The Balaban J connectivity index is 1.67. The van der Waals surface area contributed by atoms with E-state index in [4.69, 9.17) is 5.26 Å². The minimum Gasteiger partial charge on any atom is -0.313 e. The van der Waals surface area contributed by atoms with Crippen LogP contribution in [0.2, 0.25) is 0 Å². The molecule has 2 aromatic heterocycles. The van der Waals surface area contributed by atoms with Gasteiger partial charge < -0.3 is 4.90 Å². The van der Waals surface area contributed by atoms with Crippen LogP contribution in [-0.2, 0) is 16.6 Å². The molecule has 1 fully saturated rings. The number of amides is 1. The minimum atomic E-state index is -3.70. The van der Waals surface area contributed by atoms with E-state index in [1.54, 1.807) is 19.1 Å². The van der Waals surface area contributed by atoms with E-state index in [1.165, 1.54) is 24.2 Å². The molecule has 0 saturated heterocycles. The molecule has 0 bridgehead atoms. The fourth-order valence-corrected chi connectivity index (χ4v) is 4.60.